The largest absolute Gasteiger partial charge is 0.465 e. The molecule has 0 amide bonds. The van der Waals surface area contributed by atoms with Gasteiger partial charge in [0.2, 0.25) is 0 Å². The van der Waals surface area contributed by atoms with E-state index in [4.69, 9.17) is 4.74 Å². The number of benzene rings is 1. The van der Waals surface area contributed by atoms with Gasteiger partial charge in [-0.1, -0.05) is 36.0 Å². The molecule has 5 nitrogen and oxygen atoms in total. The molecule has 0 saturated carbocycles. The number of hydrogen-bond donors (Lipinski definition) is 0. The number of thioether (sulfide) groups is 1. The number of ether oxygens (including phenoxy) is 1. The molecule has 0 radical (unpaired) electrons. The Morgan fingerprint density at radius 1 is 1.37 bits per heavy atom. The minimum Gasteiger partial charge on any atom is -0.465 e. The van der Waals surface area contributed by atoms with Gasteiger partial charge in [0.1, 0.15) is 5.92 Å². The second-order valence-electron chi connectivity index (χ2n) is 6.62. The van der Waals surface area contributed by atoms with Crippen LogP contribution in [0.4, 0.5) is 0 Å². The predicted molar refractivity (Wildman–Crippen MR) is 105 cm³/mol. The number of aliphatic imine (C=N–C) groups is 1. The van der Waals surface area contributed by atoms with Gasteiger partial charge in [-0.25, -0.2) is 4.99 Å². The van der Waals surface area contributed by atoms with Gasteiger partial charge in [0.05, 0.1) is 23.5 Å². The van der Waals surface area contributed by atoms with Crippen LogP contribution in [0.25, 0.3) is 0 Å². The molecule has 27 heavy (non-hydrogen) atoms. The molecule has 1 aliphatic carbocycles. The van der Waals surface area contributed by atoms with Crippen LogP contribution in [0, 0.1) is 24.2 Å². The molecule has 0 saturated heterocycles. The highest BCUT2D eigenvalue weighted by molar-refractivity contribution is 8.14. The van der Waals surface area contributed by atoms with Gasteiger partial charge in [-0.15, -0.1) is 0 Å². The van der Waals surface area contributed by atoms with Gasteiger partial charge in [0.25, 0.3) is 0 Å². The fraction of sp³-hybridized carbons (Fsp3) is 0.429. The number of hydrogen-bond acceptors (Lipinski definition) is 6. The molecule has 0 bridgehead atoms. The van der Waals surface area contributed by atoms with Gasteiger partial charge in [-0.3, -0.25) is 9.59 Å². The maximum atomic E-state index is 12.7. The van der Waals surface area contributed by atoms with E-state index in [1.54, 1.807) is 6.92 Å². The van der Waals surface area contributed by atoms with Crippen molar-refractivity contribution >= 4 is 28.6 Å². The van der Waals surface area contributed by atoms with E-state index in [2.05, 4.69) is 11.1 Å². The summed E-state index contributed by atoms with van der Waals surface area (Å²) in [4.78, 5) is 29.2. The predicted octanol–water partition coefficient (Wildman–Crippen LogP) is 3.93. The first-order valence-electron chi connectivity index (χ1n) is 9.15. The average molecular weight is 382 g/mol. The molecule has 1 heterocycles. The van der Waals surface area contributed by atoms with E-state index in [0.29, 0.717) is 23.6 Å². The van der Waals surface area contributed by atoms with Crippen molar-refractivity contribution in [3.63, 3.8) is 0 Å². The van der Waals surface area contributed by atoms with E-state index in [1.807, 2.05) is 31.2 Å². The SMILES string of the molecule is CCOC(=O)CSC1=NC2=C(C(=O)CCC2)[C@H](c2ccccc2C)C1C#N. The Bertz CT molecular complexity index is 866. The zero-order valence-corrected chi connectivity index (χ0v) is 16.3. The van der Waals surface area contributed by atoms with Gasteiger partial charge >= 0.3 is 5.97 Å². The molecular weight excluding hydrogens is 360 g/mol. The van der Waals surface area contributed by atoms with Crippen molar-refractivity contribution in [1.82, 2.24) is 0 Å². The van der Waals surface area contributed by atoms with Crippen molar-refractivity contribution in [2.75, 3.05) is 12.4 Å². The molecule has 0 N–H and O–H groups in total. The van der Waals surface area contributed by atoms with Gasteiger partial charge in [-0.2, -0.15) is 5.26 Å². The summed E-state index contributed by atoms with van der Waals surface area (Å²) in [5.74, 6) is -1.04. The Morgan fingerprint density at radius 2 is 2.15 bits per heavy atom. The molecule has 1 aromatic carbocycles. The standard InChI is InChI=1S/C21H22N2O3S/c1-3-26-18(25)12-27-21-15(11-22)19(14-8-5-4-7-13(14)2)20-16(23-21)9-6-10-17(20)24/h4-5,7-8,15,19H,3,6,9-10,12H2,1-2H3/t15?,19-/m1/s1. The summed E-state index contributed by atoms with van der Waals surface area (Å²) in [6.45, 7) is 4.08. The van der Waals surface area contributed by atoms with Crippen LogP contribution in [0.5, 0.6) is 0 Å². The molecule has 0 aromatic heterocycles. The Balaban J connectivity index is 2.03. The number of esters is 1. The molecule has 2 atom stereocenters. The van der Waals surface area contributed by atoms with Crippen molar-refractivity contribution in [2.45, 2.75) is 39.0 Å². The smallest absolute Gasteiger partial charge is 0.316 e. The van der Waals surface area contributed by atoms with Crippen LogP contribution in [-0.4, -0.2) is 29.2 Å². The summed E-state index contributed by atoms with van der Waals surface area (Å²) in [5.41, 5.74) is 3.49. The zero-order chi connectivity index (χ0) is 19.4. The summed E-state index contributed by atoms with van der Waals surface area (Å²) in [6.07, 6.45) is 2.00. The molecule has 0 fully saturated rings. The molecule has 6 heteroatoms. The zero-order valence-electron chi connectivity index (χ0n) is 15.5. The van der Waals surface area contributed by atoms with Crippen LogP contribution in [0.15, 0.2) is 40.5 Å². The van der Waals surface area contributed by atoms with E-state index in [9.17, 15) is 14.9 Å². The van der Waals surface area contributed by atoms with Crippen molar-refractivity contribution in [2.24, 2.45) is 10.9 Å². The number of ketones is 1. The summed E-state index contributed by atoms with van der Waals surface area (Å²) in [7, 11) is 0. The molecule has 1 unspecified atom stereocenters. The monoisotopic (exact) mass is 382 g/mol. The molecule has 1 aliphatic heterocycles. The van der Waals surface area contributed by atoms with Gasteiger partial charge in [-0.05, 0) is 37.8 Å². The lowest BCUT2D eigenvalue weighted by atomic mass is 9.73. The van der Waals surface area contributed by atoms with Crippen molar-refractivity contribution in [1.29, 1.82) is 5.26 Å². The Morgan fingerprint density at radius 3 is 2.85 bits per heavy atom. The summed E-state index contributed by atoms with van der Waals surface area (Å²) < 4.78 is 4.99. The minimum atomic E-state index is -0.577. The number of Topliss-reactive ketones (excluding diaryl/α,β-unsaturated/α-hetero) is 1. The number of carbonyl (C=O) groups is 2. The van der Waals surface area contributed by atoms with Crippen LogP contribution in [-0.2, 0) is 14.3 Å². The molecule has 140 valence electrons. The molecule has 3 rings (SSSR count). The first-order chi connectivity index (χ1) is 13.1. The average Bonchev–Trinajstić information content (AvgIpc) is 2.66. The Kier molecular flexibility index (Phi) is 6.12. The fourth-order valence-corrected chi connectivity index (χ4v) is 4.58. The molecular formula is C21H22N2O3S. The lowest BCUT2D eigenvalue weighted by Gasteiger charge is -2.33. The lowest BCUT2D eigenvalue weighted by molar-refractivity contribution is -0.139. The summed E-state index contributed by atoms with van der Waals surface area (Å²) in [6, 6.07) is 10.2. The molecule has 1 aromatic rings. The quantitative estimate of drug-likeness (QED) is 0.737. The van der Waals surface area contributed by atoms with Crippen molar-refractivity contribution in [3.8, 4) is 6.07 Å². The highest BCUT2D eigenvalue weighted by atomic mass is 32.2. The van der Waals surface area contributed by atoms with Crippen LogP contribution in [0.3, 0.4) is 0 Å². The maximum Gasteiger partial charge on any atom is 0.316 e. The molecule has 2 aliphatic rings. The van der Waals surface area contributed by atoms with E-state index >= 15 is 0 Å². The van der Waals surface area contributed by atoms with Gasteiger partial charge in [0, 0.05) is 23.6 Å². The second kappa shape index (κ2) is 8.53. The van der Waals surface area contributed by atoms with Gasteiger partial charge < -0.3 is 4.74 Å². The third kappa shape index (κ3) is 3.98. The van der Waals surface area contributed by atoms with E-state index in [-0.39, 0.29) is 23.4 Å². The number of allylic oxidation sites excluding steroid dienone is 2. The van der Waals surface area contributed by atoms with E-state index in [1.165, 1.54) is 11.8 Å². The number of aryl methyl sites for hydroxylation is 1. The van der Waals surface area contributed by atoms with Crippen LogP contribution in [0.2, 0.25) is 0 Å². The van der Waals surface area contributed by atoms with Crippen molar-refractivity contribution in [3.05, 3.63) is 46.7 Å². The Labute approximate surface area is 163 Å². The van der Waals surface area contributed by atoms with Crippen LogP contribution in [0.1, 0.15) is 43.2 Å². The van der Waals surface area contributed by atoms with E-state index in [0.717, 1.165) is 29.7 Å². The van der Waals surface area contributed by atoms with Crippen LogP contribution >= 0.6 is 11.8 Å². The Hall–Kier alpha value is -2.39. The third-order valence-corrected chi connectivity index (χ3v) is 5.91. The first-order valence-corrected chi connectivity index (χ1v) is 10.1. The molecule has 0 spiro atoms. The topological polar surface area (TPSA) is 79.5 Å². The summed E-state index contributed by atoms with van der Waals surface area (Å²) >= 11 is 1.25. The summed E-state index contributed by atoms with van der Waals surface area (Å²) in [5, 5.41) is 10.5. The van der Waals surface area contributed by atoms with E-state index < -0.39 is 5.92 Å². The van der Waals surface area contributed by atoms with Crippen LogP contribution < -0.4 is 0 Å². The third-order valence-electron chi connectivity index (χ3n) is 4.89. The lowest BCUT2D eigenvalue weighted by Crippen LogP contribution is -2.31. The number of nitriles is 1. The fourth-order valence-electron chi connectivity index (χ4n) is 3.69. The minimum absolute atomic E-state index is 0.0861. The number of rotatable bonds is 4. The number of nitrogens with zero attached hydrogens (tertiary/aromatic N) is 2. The highest BCUT2D eigenvalue weighted by Crippen LogP contribution is 2.45. The van der Waals surface area contributed by atoms with Gasteiger partial charge in [0.15, 0.2) is 5.78 Å². The van der Waals surface area contributed by atoms with Crippen molar-refractivity contribution < 1.29 is 14.3 Å². The maximum absolute atomic E-state index is 12.7. The highest BCUT2D eigenvalue weighted by Gasteiger charge is 2.41. The normalized spacial score (nSPS) is 22.0. The first kappa shape index (κ1) is 19.4. The second-order valence-corrected chi connectivity index (χ2v) is 7.62. The number of carbonyl (C=O) groups excluding carboxylic acids is 2.